The van der Waals surface area contributed by atoms with E-state index in [4.69, 9.17) is 4.74 Å². The van der Waals surface area contributed by atoms with E-state index in [2.05, 4.69) is 6.92 Å². The molecule has 1 N–H and O–H groups in total. The van der Waals surface area contributed by atoms with Gasteiger partial charge in [-0.3, -0.25) is 4.79 Å². The Kier molecular flexibility index (Phi) is 3.93. The molecule has 0 saturated heterocycles. The average Bonchev–Trinajstić information content (AvgIpc) is 2.46. The first kappa shape index (κ1) is 11.5. The minimum atomic E-state index is -0.618. The molecule has 0 bridgehead atoms. The van der Waals surface area contributed by atoms with Gasteiger partial charge < -0.3 is 9.84 Å². The molecule has 82 valence electrons. The summed E-state index contributed by atoms with van der Waals surface area (Å²) in [6.45, 7) is 4.27. The van der Waals surface area contributed by atoms with Gasteiger partial charge in [-0.05, 0) is 32.1 Å². The Hall–Kier alpha value is -0.570. The third-order valence-corrected chi connectivity index (χ3v) is 3.23. The summed E-state index contributed by atoms with van der Waals surface area (Å²) in [4.78, 5) is 11.1. The second-order valence-corrected chi connectivity index (χ2v) is 4.20. The fourth-order valence-electron chi connectivity index (χ4n) is 2.15. The van der Waals surface area contributed by atoms with Crippen LogP contribution in [0.25, 0.3) is 0 Å². The molecule has 0 aliphatic heterocycles. The Balaban J connectivity index is 2.32. The highest BCUT2D eigenvalue weighted by Gasteiger charge is 2.38. The average molecular weight is 200 g/mol. The molecule has 1 aliphatic rings. The molecule has 0 spiro atoms. The zero-order valence-electron chi connectivity index (χ0n) is 9.08. The first-order valence-electron chi connectivity index (χ1n) is 5.46. The van der Waals surface area contributed by atoms with Crippen LogP contribution in [0.1, 0.15) is 46.0 Å². The van der Waals surface area contributed by atoms with Crippen LogP contribution >= 0.6 is 0 Å². The van der Waals surface area contributed by atoms with Crippen molar-refractivity contribution in [3.8, 4) is 0 Å². The third-order valence-electron chi connectivity index (χ3n) is 3.23. The number of carbonyl (C=O) groups excluding carboxylic acids is 1. The molecule has 1 fully saturated rings. The summed E-state index contributed by atoms with van der Waals surface area (Å²) in [6, 6.07) is 0. The van der Waals surface area contributed by atoms with Gasteiger partial charge in [-0.1, -0.05) is 13.3 Å². The van der Waals surface area contributed by atoms with Crippen molar-refractivity contribution in [1.29, 1.82) is 0 Å². The Bertz CT molecular complexity index is 203. The topological polar surface area (TPSA) is 46.5 Å². The summed E-state index contributed by atoms with van der Waals surface area (Å²) in [5, 5.41) is 10.2. The molecular formula is C11H20O3. The van der Waals surface area contributed by atoms with Gasteiger partial charge in [-0.25, -0.2) is 0 Å². The molecule has 2 unspecified atom stereocenters. The van der Waals surface area contributed by atoms with Crippen molar-refractivity contribution in [2.75, 3.05) is 6.61 Å². The van der Waals surface area contributed by atoms with E-state index in [-0.39, 0.29) is 5.97 Å². The van der Waals surface area contributed by atoms with Crippen LogP contribution in [0.3, 0.4) is 0 Å². The van der Waals surface area contributed by atoms with E-state index in [1.807, 2.05) is 0 Å². The minimum Gasteiger partial charge on any atom is -0.466 e. The Morgan fingerprint density at radius 3 is 2.86 bits per heavy atom. The fourth-order valence-corrected chi connectivity index (χ4v) is 2.15. The molecule has 0 aromatic carbocycles. The summed E-state index contributed by atoms with van der Waals surface area (Å²) in [7, 11) is 0. The third kappa shape index (κ3) is 2.71. The maximum absolute atomic E-state index is 11.1. The van der Waals surface area contributed by atoms with Gasteiger partial charge in [0, 0.05) is 6.42 Å². The highest BCUT2D eigenvalue weighted by Crippen LogP contribution is 2.38. The van der Waals surface area contributed by atoms with Gasteiger partial charge in [0.25, 0.3) is 0 Å². The normalized spacial score (nSPS) is 31.8. The minimum absolute atomic E-state index is 0.194. The van der Waals surface area contributed by atoms with Crippen LogP contribution in [0.15, 0.2) is 0 Å². The Morgan fingerprint density at radius 1 is 1.64 bits per heavy atom. The van der Waals surface area contributed by atoms with Crippen molar-refractivity contribution in [3.63, 3.8) is 0 Å². The van der Waals surface area contributed by atoms with Crippen LogP contribution in [-0.4, -0.2) is 23.3 Å². The molecule has 1 rings (SSSR count). The van der Waals surface area contributed by atoms with E-state index in [9.17, 15) is 9.90 Å². The predicted molar refractivity (Wildman–Crippen MR) is 53.8 cm³/mol. The van der Waals surface area contributed by atoms with Gasteiger partial charge in [0.15, 0.2) is 0 Å². The van der Waals surface area contributed by atoms with Crippen molar-refractivity contribution < 1.29 is 14.6 Å². The standard InChI is InChI=1S/C11H20O3/c1-3-14-10(12)6-8-11(13)7-4-5-9(11)2/h9,13H,3-8H2,1-2H3. The maximum Gasteiger partial charge on any atom is 0.305 e. The van der Waals surface area contributed by atoms with Crippen molar-refractivity contribution in [1.82, 2.24) is 0 Å². The van der Waals surface area contributed by atoms with E-state index < -0.39 is 5.60 Å². The van der Waals surface area contributed by atoms with Gasteiger partial charge in [0.1, 0.15) is 0 Å². The summed E-state index contributed by atoms with van der Waals surface area (Å²) in [5.74, 6) is 0.122. The predicted octanol–water partition coefficient (Wildman–Crippen LogP) is 1.88. The number of ether oxygens (including phenoxy) is 1. The molecule has 3 nitrogen and oxygen atoms in total. The summed E-state index contributed by atoms with van der Waals surface area (Å²) in [5.41, 5.74) is -0.618. The lowest BCUT2D eigenvalue weighted by molar-refractivity contribution is -0.144. The van der Waals surface area contributed by atoms with Crippen molar-refractivity contribution in [3.05, 3.63) is 0 Å². The first-order chi connectivity index (χ1) is 6.58. The molecule has 0 aromatic rings. The van der Waals surface area contributed by atoms with Crippen molar-refractivity contribution in [2.45, 2.75) is 51.6 Å². The molecule has 0 aromatic heterocycles. The zero-order valence-corrected chi connectivity index (χ0v) is 9.08. The van der Waals surface area contributed by atoms with E-state index >= 15 is 0 Å². The SMILES string of the molecule is CCOC(=O)CCC1(O)CCCC1C. The molecule has 0 amide bonds. The number of esters is 1. The monoisotopic (exact) mass is 200 g/mol. The van der Waals surface area contributed by atoms with Crippen LogP contribution in [0.5, 0.6) is 0 Å². The lowest BCUT2D eigenvalue weighted by Crippen LogP contribution is -2.32. The first-order valence-corrected chi connectivity index (χ1v) is 5.46. The highest BCUT2D eigenvalue weighted by atomic mass is 16.5. The van der Waals surface area contributed by atoms with Gasteiger partial charge in [0.2, 0.25) is 0 Å². The number of hydrogen-bond acceptors (Lipinski definition) is 3. The molecule has 1 saturated carbocycles. The van der Waals surface area contributed by atoms with Crippen LogP contribution < -0.4 is 0 Å². The van der Waals surface area contributed by atoms with Gasteiger partial charge >= 0.3 is 5.97 Å². The molecule has 2 atom stereocenters. The number of hydrogen-bond donors (Lipinski definition) is 1. The Labute approximate surface area is 85.5 Å². The van der Waals surface area contributed by atoms with Crippen LogP contribution in [-0.2, 0) is 9.53 Å². The fraction of sp³-hybridized carbons (Fsp3) is 0.909. The van der Waals surface area contributed by atoms with Gasteiger partial charge in [-0.15, -0.1) is 0 Å². The number of rotatable bonds is 4. The second kappa shape index (κ2) is 4.78. The summed E-state index contributed by atoms with van der Waals surface area (Å²) >= 11 is 0. The highest BCUT2D eigenvalue weighted by molar-refractivity contribution is 5.69. The number of carbonyl (C=O) groups is 1. The number of aliphatic hydroxyl groups is 1. The lowest BCUT2D eigenvalue weighted by atomic mass is 9.88. The molecule has 3 heteroatoms. The van der Waals surface area contributed by atoms with Crippen LogP contribution in [0.2, 0.25) is 0 Å². The maximum atomic E-state index is 11.1. The van der Waals surface area contributed by atoms with E-state index in [1.165, 1.54) is 0 Å². The zero-order chi connectivity index (χ0) is 10.6. The van der Waals surface area contributed by atoms with Gasteiger partial charge in [0.05, 0.1) is 12.2 Å². The van der Waals surface area contributed by atoms with Crippen molar-refractivity contribution in [2.24, 2.45) is 5.92 Å². The van der Waals surface area contributed by atoms with E-state index in [0.717, 1.165) is 19.3 Å². The molecule has 0 heterocycles. The van der Waals surface area contributed by atoms with Crippen molar-refractivity contribution >= 4 is 5.97 Å². The summed E-state index contributed by atoms with van der Waals surface area (Å²) < 4.78 is 4.83. The molecule has 14 heavy (non-hydrogen) atoms. The molecule has 1 aliphatic carbocycles. The lowest BCUT2D eigenvalue weighted by Gasteiger charge is -2.27. The van der Waals surface area contributed by atoms with Crippen LogP contribution in [0, 0.1) is 5.92 Å². The second-order valence-electron chi connectivity index (χ2n) is 4.20. The van der Waals surface area contributed by atoms with E-state index in [1.54, 1.807) is 6.92 Å². The molecular weight excluding hydrogens is 180 g/mol. The van der Waals surface area contributed by atoms with Gasteiger partial charge in [-0.2, -0.15) is 0 Å². The van der Waals surface area contributed by atoms with E-state index in [0.29, 0.717) is 25.4 Å². The smallest absolute Gasteiger partial charge is 0.305 e. The molecule has 0 radical (unpaired) electrons. The quantitative estimate of drug-likeness (QED) is 0.705. The van der Waals surface area contributed by atoms with Crippen LogP contribution in [0.4, 0.5) is 0 Å². The summed E-state index contributed by atoms with van der Waals surface area (Å²) in [6.07, 6.45) is 3.86. The Morgan fingerprint density at radius 2 is 2.36 bits per heavy atom. The largest absolute Gasteiger partial charge is 0.466 e.